The van der Waals surface area contributed by atoms with Gasteiger partial charge in [-0.05, 0) is 28.6 Å². The van der Waals surface area contributed by atoms with Gasteiger partial charge in [-0.25, -0.2) is 0 Å². The molecule has 0 unspecified atom stereocenters. The van der Waals surface area contributed by atoms with Gasteiger partial charge in [-0.3, -0.25) is 4.68 Å². The molecule has 0 bridgehead atoms. The van der Waals surface area contributed by atoms with E-state index < -0.39 is 0 Å². The number of hydrogen-bond acceptors (Lipinski definition) is 6. The number of aryl methyl sites for hydroxylation is 1. The minimum absolute atomic E-state index is 0.630. The normalized spacial score (nSPS) is 10.9. The molecule has 0 amide bonds. The summed E-state index contributed by atoms with van der Waals surface area (Å²) in [5, 5.41) is 22.8. The molecule has 0 atom stereocenters. The summed E-state index contributed by atoms with van der Waals surface area (Å²) in [4.78, 5) is 0. The van der Waals surface area contributed by atoms with Crippen molar-refractivity contribution in [2.45, 2.75) is 6.42 Å². The van der Waals surface area contributed by atoms with Gasteiger partial charge in [-0.2, -0.15) is 5.10 Å². The molecule has 0 radical (unpaired) electrons. The van der Waals surface area contributed by atoms with Crippen LogP contribution in [0.1, 0.15) is 5.69 Å². The van der Waals surface area contributed by atoms with E-state index in [4.69, 9.17) is 0 Å². The van der Waals surface area contributed by atoms with Gasteiger partial charge in [0.2, 0.25) is 0 Å². The molecule has 0 fully saturated rings. The van der Waals surface area contributed by atoms with E-state index in [0.29, 0.717) is 5.65 Å². The Kier molecular flexibility index (Phi) is 2.60. The first-order valence-corrected chi connectivity index (χ1v) is 5.59. The number of tetrazole rings is 1. The maximum atomic E-state index is 4.30. The highest BCUT2D eigenvalue weighted by atomic mass is 15.6. The van der Waals surface area contributed by atoms with Gasteiger partial charge in [-0.1, -0.05) is 0 Å². The molecule has 8 heteroatoms. The topological polar surface area (TPSA) is 85.8 Å². The molecular formula is C10H12N8. The Morgan fingerprint density at radius 3 is 3.00 bits per heavy atom. The molecule has 3 aromatic rings. The second-order valence-corrected chi connectivity index (χ2v) is 3.90. The fraction of sp³-hybridized carbons (Fsp3) is 0.300. The number of aromatic nitrogens is 7. The summed E-state index contributed by atoms with van der Waals surface area (Å²) in [6, 6.07) is 5.67. The first-order valence-electron chi connectivity index (χ1n) is 5.59. The van der Waals surface area contributed by atoms with Crippen molar-refractivity contribution < 1.29 is 0 Å². The van der Waals surface area contributed by atoms with Crippen LogP contribution in [0.15, 0.2) is 24.4 Å². The molecule has 0 saturated heterocycles. The molecule has 0 spiro atoms. The fourth-order valence-electron chi connectivity index (χ4n) is 1.66. The molecule has 92 valence electrons. The minimum Gasteiger partial charge on any atom is -0.368 e. The summed E-state index contributed by atoms with van der Waals surface area (Å²) >= 11 is 0. The Morgan fingerprint density at radius 1 is 1.22 bits per heavy atom. The van der Waals surface area contributed by atoms with Gasteiger partial charge in [0.1, 0.15) is 5.82 Å². The number of hydrogen-bond donors (Lipinski definition) is 1. The van der Waals surface area contributed by atoms with E-state index in [9.17, 15) is 0 Å². The van der Waals surface area contributed by atoms with Crippen molar-refractivity contribution in [1.82, 2.24) is 35.0 Å². The van der Waals surface area contributed by atoms with Gasteiger partial charge in [-0.15, -0.1) is 14.8 Å². The van der Waals surface area contributed by atoms with Crippen LogP contribution < -0.4 is 5.32 Å². The highest BCUT2D eigenvalue weighted by molar-refractivity contribution is 5.42. The van der Waals surface area contributed by atoms with Crippen LogP contribution in [0, 0.1) is 0 Å². The lowest BCUT2D eigenvalue weighted by atomic mass is 10.3. The molecular weight excluding hydrogens is 232 g/mol. The summed E-state index contributed by atoms with van der Waals surface area (Å²) in [7, 11) is 1.91. The summed E-state index contributed by atoms with van der Waals surface area (Å²) in [6.07, 6.45) is 2.77. The lowest BCUT2D eigenvalue weighted by molar-refractivity contribution is 0.729. The SMILES string of the molecule is Cn1ccc(CCNc2ccc3nnnn3n2)n1. The highest BCUT2D eigenvalue weighted by Gasteiger charge is 2.01. The molecule has 0 aliphatic heterocycles. The van der Waals surface area contributed by atoms with E-state index >= 15 is 0 Å². The zero-order valence-electron chi connectivity index (χ0n) is 9.85. The molecule has 8 nitrogen and oxygen atoms in total. The van der Waals surface area contributed by atoms with Crippen molar-refractivity contribution in [3.8, 4) is 0 Å². The van der Waals surface area contributed by atoms with Gasteiger partial charge in [0.05, 0.1) is 5.69 Å². The van der Waals surface area contributed by atoms with Gasteiger partial charge in [0, 0.05) is 26.2 Å². The number of nitrogens with zero attached hydrogens (tertiary/aromatic N) is 7. The van der Waals surface area contributed by atoms with Crippen LogP contribution in [0.4, 0.5) is 5.82 Å². The second kappa shape index (κ2) is 4.40. The quantitative estimate of drug-likeness (QED) is 0.690. The molecule has 0 saturated carbocycles. The number of fused-ring (bicyclic) bond motifs is 1. The maximum Gasteiger partial charge on any atom is 0.200 e. The maximum absolute atomic E-state index is 4.30. The van der Waals surface area contributed by atoms with Crippen molar-refractivity contribution in [3.05, 3.63) is 30.1 Å². The van der Waals surface area contributed by atoms with Crippen LogP contribution in [0.3, 0.4) is 0 Å². The van der Waals surface area contributed by atoms with Crippen LogP contribution in [0.2, 0.25) is 0 Å². The monoisotopic (exact) mass is 244 g/mol. The number of nitrogens with one attached hydrogen (secondary N) is 1. The van der Waals surface area contributed by atoms with Crippen molar-refractivity contribution in [2.24, 2.45) is 7.05 Å². The van der Waals surface area contributed by atoms with Crippen molar-refractivity contribution in [1.29, 1.82) is 0 Å². The zero-order chi connectivity index (χ0) is 12.4. The van der Waals surface area contributed by atoms with Gasteiger partial charge >= 0.3 is 0 Å². The standard InChI is InChI=1S/C10H12N8/c1-17-7-5-8(13-17)4-6-11-9-2-3-10-12-15-16-18(10)14-9/h2-3,5,7H,4,6H2,1H3,(H,11,14). The van der Waals surface area contributed by atoms with Crippen molar-refractivity contribution in [2.75, 3.05) is 11.9 Å². The van der Waals surface area contributed by atoms with Crippen LogP contribution in [-0.4, -0.2) is 41.6 Å². The van der Waals surface area contributed by atoms with Crippen LogP contribution in [0.25, 0.3) is 5.65 Å². The number of rotatable bonds is 4. The van der Waals surface area contributed by atoms with Gasteiger partial charge in [0.25, 0.3) is 0 Å². The predicted molar refractivity (Wildman–Crippen MR) is 64.0 cm³/mol. The Hall–Kier alpha value is -2.51. The first-order chi connectivity index (χ1) is 8.81. The molecule has 3 heterocycles. The Morgan fingerprint density at radius 2 is 2.17 bits per heavy atom. The van der Waals surface area contributed by atoms with E-state index in [1.165, 1.54) is 4.63 Å². The summed E-state index contributed by atoms with van der Waals surface area (Å²) in [6.45, 7) is 0.762. The molecule has 0 aliphatic carbocycles. The summed E-state index contributed by atoms with van der Waals surface area (Å²) in [5.74, 6) is 0.741. The smallest absolute Gasteiger partial charge is 0.200 e. The number of anilines is 1. The third kappa shape index (κ3) is 2.12. The lowest BCUT2D eigenvalue weighted by Crippen LogP contribution is -2.09. The third-order valence-electron chi connectivity index (χ3n) is 2.53. The Labute approximate surface area is 103 Å². The zero-order valence-corrected chi connectivity index (χ0v) is 9.85. The minimum atomic E-state index is 0.630. The van der Waals surface area contributed by atoms with E-state index in [1.54, 1.807) is 4.68 Å². The van der Waals surface area contributed by atoms with Gasteiger partial charge in [0.15, 0.2) is 5.65 Å². The molecule has 3 aromatic heterocycles. The summed E-state index contributed by atoms with van der Waals surface area (Å²) < 4.78 is 3.18. The fourth-order valence-corrected chi connectivity index (χ4v) is 1.66. The van der Waals surface area contributed by atoms with E-state index in [2.05, 4.69) is 31.0 Å². The average Bonchev–Trinajstić information content (AvgIpc) is 2.97. The molecule has 18 heavy (non-hydrogen) atoms. The van der Waals surface area contributed by atoms with Crippen molar-refractivity contribution in [3.63, 3.8) is 0 Å². The van der Waals surface area contributed by atoms with Gasteiger partial charge < -0.3 is 5.32 Å². The first kappa shape index (κ1) is 10.6. The van der Waals surface area contributed by atoms with Crippen molar-refractivity contribution >= 4 is 11.5 Å². The molecule has 1 N–H and O–H groups in total. The molecule has 0 aromatic carbocycles. The lowest BCUT2D eigenvalue weighted by Gasteiger charge is -2.03. The average molecular weight is 244 g/mol. The Bertz CT molecular complexity index is 655. The van der Waals surface area contributed by atoms with E-state index in [0.717, 1.165) is 24.5 Å². The predicted octanol–water partition coefficient (Wildman–Crippen LogP) is -0.0926. The summed E-state index contributed by atoms with van der Waals surface area (Å²) in [5.41, 5.74) is 1.68. The molecule has 0 aliphatic rings. The van der Waals surface area contributed by atoms with Crippen LogP contribution in [-0.2, 0) is 13.5 Å². The third-order valence-corrected chi connectivity index (χ3v) is 2.53. The molecule has 3 rings (SSSR count). The highest BCUT2D eigenvalue weighted by Crippen LogP contribution is 2.03. The van der Waals surface area contributed by atoms with E-state index in [-0.39, 0.29) is 0 Å². The van der Waals surface area contributed by atoms with Crippen LogP contribution in [0.5, 0.6) is 0 Å². The Balaban J connectivity index is 1.62. The van der Waals surface area contributed by atoms with Crippen LogP contribution >= 0.6 is 0 Å². The largest absolute Gasteiger partial charge is 0.368 e. The van der Waals surface area contributed by atoms with E-state index in [1.807, 2.05) is 31.4 Å². The second-order valence-electron chi connectivity index (χ2n) is 3.90.